The summed E-state index contributed by atoms with van der Waals surface area (Å²) in [6, 6.07) is 2.03. The summed E-state index contributed by atoms with van der Waals surface area (Å²) in [7, 11) is 0. The van der Waals surface area contributed by atoms with Gasteiger partial charge in [0.25, 0.3) is 0 Å². The SMILES string of the molecule is CCOC(=O)C(C)(C)CNCCC#N. The lowest BCUT2D eigenvalue weighted by molar-refractivity contribution is -0.153. The van der Waals surface area contributed by atoms with Crippen molar-refractivity contribution in [3.8, 4) is 6.07 Å². The van der Waals surface area contributed by atoms with Crippen LogP contribution in [0.5, 0.6) is 0 Å². The van der Waals surface area contributed by atoms with Crippen LogP contribution in [0.2, 0.25) is 0 Å². The first-order valence-electron chi connectivity index (χ1n) is 4.79. The van der Waals surface area contributed by atoms with Crippen LogP contribution < -0.4 is 5.32 Å². The molecule has 0 aromatic heterocycles. The van der Waals surface area contributed by atoms with E-state index in [1.54, 1.807) is 6.92 Å². The highest BCUT2D eigenvalue weighted by Gasteiger charge is 2.28. The molecule has 0 aromatic rings. The summed E-state index contributed by atoms with van der Waals surface area (Å²) in [5, 5.41) is 11.4. The highest BCUT2D eigenvalue weighted by Crippen LogP contribution is 2.15. The molecule has 14 heavy (non-hydrogen) atoms. The third-order valence-electron chi connectivity index (χ3n) is 1.81. The van der Waals surface area contributed by atoms with E-state index >= 15 is 0 Å². The Bertz CT molecular complexity index is 219. The fourth-order valence-corrected chi connectivity index (χ4v) is 0.944. The van der Waals surface area contributed by atoms with Crippen molar-refractivity contribution in [1.82, 2.24) is 5.32 Å². The van der Waals surface area contributed by atoms with Gasteiger partial charge in [0.1, 0.15) is 0 Å². The number of hydrogen-bond donors (Lipinski definition) is 1. The van der Waals surface area contributed by atoms with Gasteiger partial charge in [-0.3, -0.25) is 4.79 Å². The molecule has 0 rings (SSSR count). The first-order chi connectivity index (χ1) is 6.54. The Labute approximate surface area is 85.2 Å². The summed E-state index contributed by atoms with van der Waals surface area (Å²) in [4.78, 5) is 11.4. The zero-order valence-corrected chi connectivity index (χ0v) is 9.09. The monoisotopic (exact) mass is 198 g/mol. The third-order valence-corrected chi connectivity index (χ3v) is 1.81. The predicted molar refractivity (Wildman–Crippen MR) is 53.5 cm³/mol. The maximum absolute atomic E-state index is 11.4. The number of carbonyl (C=O) groups is 1. The molecule has 0 aliphatic rings. The van der Waals surface area contributed by atoms with E-state index in [1.165, 1.54) is 0 Å². The molecule has 0 aliphatic carbocycles. The number of esters is 1. The Hall–Kier alpha value is -1.08. The summed E-state index contributed by atoms with van der Waals surface area (Å²) >= 11 is 0. The van der Waals surface area contributed by atoms with Gasteiger partial charge in [-0.15, -0.1) is 0 Å². The molecule has 0 aromatic carbocycles. The normalized spacial score (nSPS) is 10.7. The molecule has 0 spiro atoms. The molecule has 80 valence electrons. The van der Waals surface area contributed by atoms with Gasteiger partial charge in [-0.05, 0) is 20.8 Å². The molecule has 0 saturated carbocycles. The van der Waals surface area contributed by atoms with Gasteiger partial charge in [0, 0.05) is 19.5 Å². The van der Waals surface area contributed by atoms with Crippen molar-refractivity contribution in [2.24, 2.45) is 5.41 Å². The van der Waals surface area contributed by atoms with E-state index in [1.807, 2.05) is 19.9 Å². The van der Waals surface area contributed by atoms with Crippen molar-refractivity contribution in [3.63, 3.8) is 0 Å². The molecule has 0 radical (unpaired) electrons. The molecule has 4 nitrogen and oxygen atoms in total. The quantitative estimate of drug-likeness (QED) is 0.512. The van der Waals surface area contributed by atoms with Crippen LogP contribution >= 0.6 is 0 Å². The summed E-state index contributed by atoms with van der Waals surface area (Å²) in [5.74, 6) is -0.204. The highest BCUT2D eigenvalue weighted by molar-refractivity contribution is 5.76. The number of nitriles is 1. The number of nitrogens with zero attached hydrogens (tertiary/aromatic N) is 1. The van der Waals surface area contributed by atoms with E-state index < -0.39 is 5.41 Å². The Morgan fingerprint density at radius 2 is 2.21 bits per heavy atom. The number of ether oxygens (including phenoxy) is 1. The number of hydrogen-bond acceptors (Lipinski definition) is 4. The Morgan fingerprint density at radius 3 is 2.71 bits per heavy atom. The first kappa shape index (κ1) is 12.9. The maximum Gasteiger partial charge on any atom is 0.312 e. The minimum absolute atomic E-state index is 0.204. The second-order valence-electron chi connectivity index (χ2n) is 3.69. The van der Waals surface area contributed by atoms with Crippen LogP contribution in [0.3, 0.4) is 0 Å². The van der Waals surface area contributed by atoms with E-state index in [-0.39, 0.29) is 5.97 Å². The van der Waals surface area contributed by atoms with Crippen molar-refractivity contribution in [2.45, 2.75) is 27.2 Å². The summed E-state index contributed by atoms with van der Waals surface area (Å²) < 4.78 is 4.92. The van der Waals surface area contributed by atoms with Crippen LogP contribution in [-0.4, -0.2) is 25.7 Å². The van der Waals surface area contributed by atoms with Crippen molar-refractivity contribution < 1.29 is 9.53 Å². The smallest absolute Gasteiger partial charge is 0.312 e. The maximum atomic E-state index is 11.4. The molecule has 4 heteroatoms. The lowest BCUT2D eigenvalue weighted by Gasteiger charge is -2.22. The molecule has 0 unspecified atom stereocenters. The van der Waals surface area contributed by atoms with Gasteiger partial charge in [-0.2, -0.15) is 5.26 Å². The number of carbonyl (C=O) groups excluding carboxylic acids is 1. The van der Waals surface area contributed by atoms with Gasteiger partial charge >= 0.3 is 5.97 Å². The van der Waals surface area contributed by atoms with Gasteiger partial charge in [0.2, 0.25) is 0 Å². The van der Waals surface area contributed by atoms with Gasteiger partial charge in [-0.1, -0.05) is 0 Å². The van der Waals surface area contributed by atoms with Crippen molar-refractivity contribution in [3.05, 3.63) is 0 Å². The molecule has 0 fully saturated rings. The van der Waals surface area contributed by atoms with Gasteiger partial charge in [0.15, 0.2) is 0 Å². The Morgan fingerprint density at radius 1 is 1.57 bits per heavy atom. The van der Waals surface area contributed by atoms with Crippen LogP contribution in [-0.2, 0) is 9.53 Å². The van der Waals surface area contributed by atoms with Gasteiger partial charge in [0.05, 0.1) is 18.1 Å². The summed E-state index contributed by atoms with van der Waals surface area (Å²) in [6.45, 7) is 6.99. The summed E-state index contributed by atoms with van der Waals surface area (Å²) in [6.07, 6.45) is 0.457. The molecule has 0 bridgehead atoms. The Balaban J connectivity index is 3.83. The van der Waals surface area contributed by atoms with E-state index in [4.69, 9.17) is 10.00 Å². The molecule has 0 heterocycles. The molecular weight excluding hydrogens is 180 g/mol. The highest BCUT2D eigenvalue weighted by atomic mass is 16.5. The molecule has 0 amide bonds. The fraction of sp³-hybridized carbons (Fsp3) is 0.800. The van der Waals surface area contributed by atoms with Crippen molar-refractivity contribution >= 4 is 5.97 Å². The number of rotatable bonds is 6. The number of nitrogens with one attached hydrogen (secondary N) is 1. The van der Waals surface area contributed by atoms with Gasteiger partial charge in [-0.25, -0.2) is 0 Å². The fourth-order valence-electron chi connectivity index (χ4n) is 0.944. The molecule has 0 atom stereocenters. The average Bonchev–Trinajstić information content (AvgIpc) is 2.13. The second-order valence-corrected chi connectivity index (χ2v) is 3.69. The standard InChI is InChI=1S/C10H18N2O2/c1-4-14-9(13)10(2,3)8-12-7-5-6-11/h12H,4-5,7-8H2,1-3H3. The third kappa shape index (κ3) is 4.83. The largest absolute Gasteiger partial charge is 0.466 e. The summed E-state index contributed by atoms with van der Waals surface area (Å²) in [5.41, 5.74) is -0.522. The predicted octanol–water partition coefficient (Wildman–Crippen LogP) is 1.08. The van der Waals surface area contributed by atoms with Gasteiger partial charge < -0.3 is 10.1 Å². The molecular formula is C10H18N2O2. The van der Waals surface area contributed by atoms with E-state index in [9.17, 15) is 4.79 Å². The first-order valence-corrected chi connectivity index (χ1v) is 4.79. The topological polar surface area (TPSA) is 62.1 Å². The lowest BCUT2D eigenvalue weighted by Crippen LogP contribution is -2.37. The van der Waals surface area contributed by atoms with Crippen LogP contribution in [0, 0.1) is 16.7 Å². The molecule has 0 aliphatic heterocycles. The molecule has 0 saturated heterocycles. The van der Waals surface area contributed by atoms with Crippen molar-refractivity contribution in [1.29, 1.82) is 5.26 Å². The van der Waals surface area contributed by atoms with Crippen LogP contribution in [0.4, 0.5) is 0 Å². The van der Waals surface area contributed by atoms with Crippen LogP contribution in [0.25, 0.3) is 0 Å². The van der Waals surface area contributed by atoms with E-state index in [0.717, 1.165) is 0 Å². The minimum atomic E-state index is -0.522. The van der Waals surface area contributed by atoms with Crippen molar-refractivity contribution in [2.75, 3.05) is 19.7 Å². The zero-order chi connectivity index (χ0) is 11.0. The van der Waals surface area contributed by atoms with E-state index in [0.29, 0.717) is 26.1 Å². The van der Waals surface area contributed by atoms with Crippen LogP contribution in [0.15, 0.2) is 0 Å². The Kier molecular flexibility index (Phi) is 5.89. The lowest BCUT2D eigenvalue weighted by atomic mass is 9.94. The zero-order valence-electron chi connectivity index (χ0n) is 9.09. The molecule has 1 N–H and O–H groups in total. The average molecular weight is 198 g/mol. The van der Waals surface area contributed by atoms with E-state index in [2.05, 4.69) is 5.32 Å². The van der Waals surface area contributed by atoms with Crippen LogP contribution in [0.1, 0.15) is 27.2 Å². The minimum Gasteiger partial charge on any atom is -0.466 e. The second kappa shape index (κ2) is 6.39.